The first kappa shape index (κ1) is 14.4. The van der Waals surface area contributed by atoms with E-state index < -0.39 is 0 Å². The summed E-state index contributed by atoms with van der Waals surface area (Å²) >= 11 is 0. The number of rotatable bonds is 1. The maximum Gasteiger partial charge on any atom is 0.0268 e. The molecule has 0 amide bonds. The first-order valence-electron chi connectivity index (χ1n) is 8.78. The average Bonchev–Trinajstić information content (AvgIpc) is 2.67. The second kappa shape index (κ2) is 5.58. The van der Waals surface area contributed by atoms with Crippen LogP contribution in [0.2, 0.25) is 0 Å². The summed E-state index contributed by atoms with van der Waals surface area (Å²) in [4.78, 5) is 0. The lowest BCUT2D eigenvalue weighted by molar-refractivity contribution is 0.887. The SMILES string of the molecule is NC1C=c2ccc(-c3cc4ccccc4c4ccccc34)cc2=CC1. The Labute approximate surface area is 146 Å². The van der Waals surface area contributed by atoms with Gasteiger partial charge < -0.3 is 5.73 Å². The molecule has 0 saturated carbocycles. The summed E-state index contributed by atoms with van der Waals surface area (Å²) in [6.07, 6.45) is 5.33. The second-order valence-electron chi connectivity index (χ2n) is 6.80. The van der Waals surface area contributed by atoms with E-state index in [1.807, 2.05) is 0 Å². The molecule has 25 heavy (non-hydrogen) atoms. The van der Waals surface area contributed by atoms with Gasteiger partial charge in [0, 0.05) is 6.04 Å². The zero-order valence-electron chi connectivity index (χ0n) is 13.9. The van der Waals surface area contributed by atoms with Crippen molar-refractivity contribution in [3.8, 4) is 11.1 Å². The van der Waals surface area contributed by atoms with Crippen LogP contribution in [-0.4, -0.2) is 6.04 Å². The van der Waals surface area contributed by atoms with Crippen molar-refractivity contribution in [1.82, 2.24) is 0 Å². The van der Waals surface area contributed by atoms with Crippen molar-refractivity contribution in [3.63, 3.8) is 0 Å². The Balaban J connectivity index is 1.85. The van der Waals surface area contributed by atoms with Crippen LogP contribution in [0, 0.1) is 0 Å². The molecule has 2 N–H and O–H groups in total. The molecule has 1 heteroatoms. The zero-order valence-corrected chi connectivity index (χ0v) is 13.9. The number of hydrogen-bond acceptors (Lipinski definition) is 1. The fourth-order valence-corrected chi connectivity index (χ4v) is 3.93. The molecule has 4 aromatic rings. The third-order valence-corrected chi connectivity index (χ3v) is 5.17. The highest BCUT2D eigenvalue weighted by Crippen LogP contribution is 2.34. The molecule has 1 aliphatic carbocycles. The van der Waals surface area contributed by atoms with Crippen LogP contribution >= 0.6 is 0 Å². The molecular weight excluding hydrogens is 302 g/mol. The van der Waals surface area contributed by atoms with Crippen LogP contribution in [0.25, 0.3) is 44.8 Å². The highest BCUT2D eigenvalue weighted by molar-refractivity contribution is 6.13. The fourth-order valence-electron chi connectivity index (χ4n) is 3.93. The number of benzene rings is 4. The molecule has 0 fully saturated rings. The van der Waals surface area contributed by atoms with Crippen LogP contribution in [0.15, 0.2) is 72.8 Å². The van der Waals surface area contributed by atoms with Crippen LogP contribution in [-0.2, 0) is 0 Å². The molecule has 1 nitrogen and oxygen atoms in total. The van der Waals surface area contributed by atoms with Gasteiger partial charge in [-0.1, -0.05) is 72.8 Å². The van der Waals surface area contributed by atoms with E-state index in [0.29, 0.717) is 0 Å². The minimum atomic E-state index is 0.139. The first-order chi connectivity index (χ1) is 12.3. The lowest BCUT2D eigenvalue weighted by atomic mass is 9.92. The summed E-state index contributed by atoms with van der Waals surface area (Å²) < 4.78 is 0. The normalized spacial score (nSPS) is 16.3. The second-order valence-corrected chi connectivity index (χ2v) is 6.80. The van der Waals surface area contributed by atoms with Crippen LogP contribution in [0.3, 0.4) is 0 Å². The van der Waals surface area contributed by atoms with E-state index in [-0.39, 0.29) is 6.04 Å². The maximum atomic E-state index is 6.05. The van der Waals surface area contributed by atoms with Gasteiger partial charge in [-0.15, -0.1) is 0 Å². The van der Waals surface area contributed by atoms with Gasteiger partial charge in [0.05, 0.1) is 0 Å². The summed E-state index contributed by atoms with van der Waals surface area (Å²) in [6.45, 7) is 0. The molecule has 0 aliphatic heterocycles. The zero-order chi connectivity index (χ0) is 16.8. The van der Waals surface area contributed by atoms with E-state index in [1.165, 1.54) is 43.1 Å². The molecule has 1 aliphatic rings. The van der Waals surface area contributed by atoms with E-state index >= 15 is 0 Å². The minimum Gasteiger partial charge on any atom is -0.324 e. The summed E-state index contributed by atoms with van der Waals surface area (Å²) in [5, 5.41) is 7.74. The molecule has 0 radical (unpaired) electrons. The standard InChI is InChI=1S/C24H19N/c25-20-12-11-16-13-19(10-9-17(16)14-20)24-15-18-5-1-2-6-21(18)22-7-3-4-8-23(22)24/h1-11,13-15,20H,12,25H2. The van der Waals surface area contributed by atoms with Crippen molar-refractivity contribution in [3.05, 3.63) is 83.2 Å². The van der Waals surface area contributed by atoms with Crippen LogP contribution < -0.4 is 16.2 Å². The summed E-state index contributed by atoms with van der Waals surface area (Å²) in [5.74, 6) is 0. The lowest BCUT2D eigenvalue weighted by Crippen LogP contribution is -2.33. The van der Waals surface area contributed by atoms with Gasteiger partial charge in [0.1, 0.15) is 0 Å². The number of nitrogens with two attached hydrogens (primary N) is 1. The Kier molecular flexibility index (Phi) is 3.22. The van der Waals surface area contributed by atoms with Gasteiger partial charge in [0.2, 0.25) is 0 Å². The van der Waals surface area contributed by atoms with E-state index in [1.54, 1.807) is 0 Å². The van der Waals surface area contributed by atoms with Crippen molar-refractivity contribution in [2.24, 2.45) is 5.73 Å². The Morgan fingerprint density at radius 2 is 1.48 bits per heavy atom. The highest BCUT2D eigenvalue weighted by atomic mass is 14.6. The van der Waals surface area contributed by atoms with Crippen molar-refractivity contribution in [2.45, 2.75) is 12.5 Å². The fraction of sp³-hybridized carbons (Fsp3) is 0.0833. The van der Waals surface area contributed by atoms with Gasteiger partial charge in [0.25, 0.3) is 0 Å². The first-order valence-corrected chi connectivity index (χ1v) is 8.78. The van der Waals surface area contributed by atoms with Crippen LogP contribution in [0.1, 0.15) is 6.42 Å². The Bertz CT molecular complexity index is 1230. The van der Waals surface area contributed by atoms with Gasteiger partial charge in [-0.2, -0.15) is 0 Å². The molecule has 120 valence electrons. The third-order valence-electron chi connectivity index (χ3n) is 5.17. The average molecular weight is 321 g/mol. The van der Waals surface area contributed by atoms with Crippen molar-refractivity contribution in [1.29, 1.82) is 0 Å². The van der Waals surface area contributed by atoms with E-state index in [2.05, 4.69) is 84.9 Å². The minimum absolute atomic E-state index is 0.139. The van der Waals surface area contributed by atoms with Crippen LogP contribution in [0.4, 0.5) is 0 Å². The predicted octanol–water partition coefficient (Wildman–Crippen LogP) is 3.95. The molecule has 5 rings (SSSR count). The summed E-state index contributed by atoms with van der Waals surface area (Å²) in [7, 11) is 0. The Hall–Kier alpha value is -2.90. The summed E-state index contributed by atoms with van der Waals surface area (Å²) in [5.41, 5.74) is 8.61. The molecule has 0 bridgehead atoms. The van der Waals surface area contributed by atoms with Gasteiger partial charge in [-0.25, -0.2) is 0 Å². The largest absolute Gasteiger partial charge is 0.324 e. The maximum absolute atomic E-state index is 6.05. The van der Waals surface area contributed by atoms with Gasteiger partial charge in [-0.3, -0.25) is 0 Å². The smallest absolute Gasteiger partial charge is 0.0268 e. The van der Waals surface area contributed by atoms with Crippen molar-refractivity contribution < 1.29 is 0 Å². The Morgan fingerprint density at radius 1 is 0.720 bits per heavy atom. The summed E-state index contributed by atoms with van der Waals surface area (Å²) in [6, 6.07) is 26.5. The van der Waals surface area contributed by atoms with Crippen LogP contribution in [0.5, 0.6) is 0 Å². The molecule has 0 saturated heterocycles. The van der Waals surface area contributed by atoms with E-state index in [0.717, 1.165) is 6.42 Å². The number of fused-ring (bicyclic) bond motifs is 4. The monoisotopic (exact) mass is 321 g/mol. The van der Waals surface area contributed by atoms with E-state index in [4.69, 9.17) is 5.73 Å². The molecule has 0 heterocycles. The van der Waals surface area contributed by atoms with Crippen molar-refractivity contribution in [2.75, 3.05) is 0 Å². The molecule has 0 aromatic heterocycles. The third kappa shape index (κ3) is 2.36. The van der Waals surface area contributed by atoms with E-state index in [9.17, 15) is 0 Å². The molecule has 4 aromatic carbocycles. The quantitative estimate of drug-likeness (QED) is 0.528. The van der Waals surface area contributed by atoms with Crippen molar-refractivity contribution >= 4 is 33.7 Å². The van der Waals surface area contributed by atoms with Gasteiger partial charge in [0.15, 0.2) is 0 Å². The molecular formula is C24H19N. The topological polar surface area (TPSA) is 26.0 Å². The predicted molar refractivity (Wildman–Crippen MR) is 108 cm³/mol. The molecule has 1 unspecified atom stereocenters. The molecule has 1 atom stereocenters. The number of hydrogen-bond donors (Lipinski definition) is 1. The highest BCUT2D eigenvalue weighted by Gasteiger charge is 2.09. The van der Waals surface area contributed by atoms with Gasteiger partial charge in [-0.05, 0) is 61.7 Å². The Morgan fingerprint density at radius 3 is 2.36 bits per heavy atom. The lowest BCUT2D eigenvalue weighted by Gasteiger charge is -2.13. The van der Waals surface area contributed by atoms with Gasteiger partial charge >= 0.3 is 0 Å². The molecule has 0 spiro atoms.